The molecular weight excluding hydrogens is 1610 g/mol. The van der Waals surface area contributed by atoms with Crippen molar-refractivity contribution in [3.05, 3.63) is 385 Å². The molecule has 0 fully saturated rings. The third kappa shape index (κ3) is 11.3. The Morgan fingerprint density at radius 2 is 0.835 bits per heavy atom. The van der Waals surface area contributed by atoms with Crippen molar-refractivity contribution in [3.63, 3.8) is 0 Å². The van der Waals surface area contributed by atoms with E-state index >= 15 is 0 Å². The average molecular weight is 1730 g/mol. The Balaban J connectivity index is 0.549. The predicted octanol–water partition coefficient (Wildman–Crippen LogP) is 35.1. The molecule has 3 aromatic heterocycles. The van der Waals surface area contributed by atoms with Crippen molar-refractivity contribution in [1.82, 2.24) is 0 Å². The van der Waals surface area contributed by atoms with E-state index < -0.39 is 0 Å². The fourth-order valence-electron chi connectivity index (χ4n) is 28.4. The van der Waals surface area contributed by atoms with Crippen molar-refractivity contribution < 1.29 is 13.3 Å². The molecule has 0 saturated heterocycles. The Labute approximate surface area is 784 Å². The zero-order valence-corrected chi connectivity index (χ0v) is 79.8. The summed E-state index contributed by atoms with van der Waals surface area (Å²) in [5.41, 5.74) is 48.2. The van der Waals surface area contributed by atoms with Crippen LogP contribution in [0.15, 0.2) is 298 Å². The molecule has 4 nitrogen and oxygen atoms in total. The molecule has 0 radical (unpaired) electrons. The van der Waals surface area contributed by atoms with E-state index in [4.69, 9.17) is 13.3 Å². The molecule has 10 aliphatic carbocycles. The van der Waals surface area contributed by atoms with Crippen LogP contribution in [0.2, 0.25) is 0 Å². The molecule has 26 rings (SSSR count). The minimum absolute atomic E-state index is 0.0167. The van der Waals surface area contributed by atoms with E-state index in [0.29, 0.717) is 11.8 Å². The molecule has 0 aliphatic heterocycles. The van der Waals surface area contributed by atoms with Gasteiger partial charge in [0.15, 0.2) is 0 Å². The normalized spacial score (nSPS) is 20.6. The smallest absolute Gasteiger partial charge is 0.139 e. The van der Waals surface area contributed by atoms with E-state index in [9.17, 15) is 0 Å². The zero-order valence-electron chi connectivity index (χ0n) is 79.8. The van der Waals surface area contributed by atoms with Crippen molar-refractivity contribution in [3.8, 4) is 55.6 Å². The highest BCUT2D eigenvalue weighted by Gasteiger charge is 2.54. The van der Waals surface area contributed by atoms with Crippen LogP contribution in [0.1, 0.15) is 293 Å². The van der Waals surface area contributed by atoms with Crippen LogP contribution >= 0.6 is 0 Å². The van der Waals surface area contributed by atoms with Crippen LogP contribution in [0.3, 0.4) is 0 Å². The lowest BCUT2D eigenvalue weighted by atomic mass is 9.69. The van der Waals surface area contributed by atoms with Crippen LogP contribution in [0.5, 0.6) is 0 Å². The van der Waals surface area contributed by atoms with Crippen LogP contribution in [0.4, 0.5) is 11.4 Å². The number of nitrogens with zero attached hydrogens (tertiary/aromatic N) is 1. The Morgan fingerprint density at radius 3 is 1.50 bits per heavy atom. The van der Waals surface area contributed by atoms with E-state index in [2.05, 4.69) is 381 Å². The van der Waals surface area contributed by atoms with Gasteiger partial charge in [-0.15, -0.1) is 0 Å². The van der Waals surface area contributed by atoms with Crippen LogP contribution in [0.25, 0.3) is 127 Å². The van der Waals surface area contributed by atoms with Gasteiger partial charge in [-0.25, -0.2) is 0 Å². The zero-order chi connectivity index (χ0) is 90.2. The van der Waals surface area contributed by atoms with E-state index in [1.165, 1.54) is 277 Å². The standard InChI is InChI=1S/C129H119NO3/c1-15-17-19-21-31-61-129(62-32-22-20-18-16-2)97-37-27-23-33-82(97)85-53-47-78(65-109(85)129)77-46-52-84-83-51-45-76(63-100(83)125(7,8)101(84)64-77)74-41-43-75(44-42-74)92-69-110-116(121-91-36-26-30-40-113(91)133-122(92)121)88-56-50-81(68-104(88)128(110,13)14)130(79-48-54-86-93-70-107-95(72-105(93)126(9,10)102(86)66-79)117-98(123(107,3)4)57-59-114-119(117)89-34-24-28-38-111(89)131-114)80-49-55-87-94-71-108-96(73-106(94)127(11,12)103(87)67-80)118-99(124(108,5)6)58-60-115-120(118)90-35-25-29-39-112(90)132-115/h23-30,33-48,50-60,63-73,80,84,101,110,116H,15-22,31-32,49,61-62H2,1-14H3. The lowest BCUT2D eigenvalue weighted by molar-refractivity contribution is 0.386. The molecular formula is C129H119NO3. The van der Waals surface area contributed by atoms with Crippen molar-refractivity contribution in [2.75, 3.05) is 4.90 Å². The highest BCUT2D eigenvalue weighted by molar-refractivity contribution is 6.17. The maximum absolute atomic E-state index is 7.31. The second kappa shape index (κ2) is 28.8. The third-order valence-electron chi connectivity index (χ3n) is 35.5. The SMILES string of the molecule is CCCCCCCC1(CCCCCCC)c2ccccc2-c2ccc(C3=CC4C(C=C3)c3ccc(-c5ccc(C6=CC7C(c8ccc(N(c9ccc%10c(c9)C(C)(C)c9cc%11c(cc9-%10)C(C)(C)c9ccc%10oc%12ccccc%12c%10c9-%11)C9C=C%10C(=CC9)c9cc%11c(cc9C%10(C)C)-c9c(ccc%10oc%12ccccc%12c9%10)C%11(C)C)cc8C7(C)C)c7c6oc6ccccc76)cc5)cc3C4(C)C)cc21. The van der Waals surface area contributed by atoms with Crippen molar-refractivity contribution >= 4 is 82.9 Å². The van der Waals surface area contributed by atoms with E-state index in [0.717, 1.165) is 40.1 Å². The molecule has 3 heterocycles. The van der Waals surface area contributed by atoms with E-state index in [1.54, 1.807) is 11.1 Å². The summed E-state index contributed by atoms with van der Waals surface area (Å²) in [6, 6.07) is 94.8. The summed E-state index contributed by atoms with van der Waals surface area (Å²) in [5, 5.41) is 6.02. The summed E-state index contributed by atoms with van der Waals surface area (Å²) >= 11 is 0. The molecule has 133 heavy (non-hydrogen) atoms. The third-order valence-corrected chi connectivity index (χ3v) is 35.5. The summed E-state index contributed by atoms with van der Waals surface area (Å²) < 4.78 is 20.6. The highest BCUT2D eigenvalue weighted by Crippen LogP contribution is 2.67. The maximum atomic E-state index is 7.31. The number of furan rings is 3. The Bertz CT molecular complexity index is 7900. The fraction of sp³-hybridized carbons (Fsp3) is 0.302. The summed E-state index contributed by atoms with van der Waals surface area (Å²) in [6.45, 7) is 34.5. The van der Waals surface area contributed by atoms with E-state index in [1.807, 2.05) is 0 Å². The number of benzene rings is 13. The van der Waals surface area contributed by atoms with Crippen LogP contribution in [0, 0.1) is 11.8 Å². The maximum Gasteiger partial charge on any atom is 0.139 e. The number of para-hydroxylation sites is 3. The van der Waals surface area contributed by atoms with Crippen molar-refractivity contribution in [1.29, 1.82) is 0 Å². The summed E-state index contributed by atoms with van der Waals surface area (Å²) in [6.07, 6.45) is 32.0. The van der Waals surface area contributed by atoms with Crippen LogP contribution in [-0.4, -0.2) is 6.04 Å². The summed E-state index contributed by atoms with van der Waals surface area (Å²) in [4.78, 5) is 2.75. The van der Waals surface area contributed by atoms with Crippen LogP contribution in [-0.2, 0) is 37.9 Å². The molecule has 10 aliphatic rings. The summed E-state index contributed by atoms with van der Waals surface area (Å²) in [7, 11) is 0. The number of hydrogen-bond donors (Lipinski definition) is 0. The number of hydrogen-bond acceptors (Lipinski definition) is 4. The topological polar surface area (TPSA) is 42.7 Å². The van der Waals surface area contributed by atoms with Crippen LogP contribution < -0.4 is 4.90 Å². The molecule has 658 valence electrons. The Morgan fingerprint density at radius 1 is 0.338 bits per heavy atom. The van der Waals surface area contributed by atoms with Gasteiger partial charge in [0.05, 0.1) is 6.04 Å². The minimum Gasteiger partial charge on any atom is -0.456 e. The average Bonchev–Trinajstić information content (AvgIpc) is 1.54. The first-order chi connectivity index (χ1) is 64.4. The first-order valence-electron chi connectivity index (χ1n) is 50.3. The second-order valence-corrected chi connectivity index (χ2v) is 44.7. The van der Waals surface area contributed by atoms with Gasteiger partial charge in [-0.05, 0) is 288 Å². The van der Waals surface area contributed by atoms with Gasteiger partial charge >= 0.3 is 0 Å². The second-order valence-electron chi connectivity index (χ2n) is 44.7. The predicted molar refractivity (Wildman–Crippen MR) is 556 cm³/mol. The molecule has 0 saturated carbocycles. The first kappa shape index (κ1) is 81.3. The quantitative estimate of drug-likeness (QED) is 0.0803. The monoisotopic (exact) mass is 1730 g/mol. The molecule has 0 bridgehead atoms. The van der Waals surface area contributed by atoms with Gasteiger partial charge in [-0.3, -0.25) is 0 Å². The number of unbranched alkanes of at least 4 members (excludes halogenated alkanes) is 8. The fourth-order valence-corrected chi connectivity index (χ4v) is 28.4. The molecule has 0 N–H and O–H groups in total. The van der Waals surface area contributed by atoms with Gasteiger partial charge in [0.1, 0.15) is 33.7 Å². The molecule has 5 atom stereocenters. The number of anilines is 2. The molecule has 16 aromatic rings. The van der Waals surface area contributed by atoms with Crippen molar-refractivity contribution in [2.24, 2.45) is 11.8 Å². The van der Waals surface area contributed by atoms with Gasteiger partial charge < -0.3 is 18.2 Å². The van der Waals surface area contributed by atoms with Gasteiger partial charge in [0, 0.05) is 88.4 Å². The lowest BCUT2D eigenvalue weighted by Crippen LogP contribution is -2.33. The Hall–Kier alpha value is -12.5. The molecule has 0 amide bonds. The van der Waals surface area contributed by atoms with E-state index in [-0.39, 0.29) is 55.8 Å². The minimum atomic E-state index is -0.326. The van der Waals surface area contributed by atoms with Gasteiger partial charge in [0.25, 0.3) is 0 Å². The number of fused-ring (bicyclic) bond motifs is 33. The highest BCUT2D eigenvalue weighted by atomic mass is 16.3. The van der Waals surface area contributed by atoms with Crippen molar-refractivity contribution in [2.45, 2.75) is 236 Å². The molecule has 5 unspecified atom stereocenters. The molecule has 4 heteroatoms. The van der Waals surface area contributed by atoms with Gasteiger partial charge in [-0.2, -0.15) is 0 Å². The largest absolute Gasteiger partial charge is 0.456 e. The molecule has 0 spiro atoms. The lowest BCUT2D eigenvalue weighted by Gasteiger charge is -2.37. The number of allylic oxidation sites excluding steroid dienone is 7. The Kier molecular flexibility index (Phi) is 17.6. The van der Waals surface area contributed by atoms with Gasteiger partial charge in [0.2, 0.25) is 0 Å². The number of rotatable bonds is 18. The summed E-state index contributed by atoms with van der Waals surface area (Å²) in [5.74, 6) is 1.85. The molecule has 13 aromatic carbocycles. The first-order valence-corrected chi connectivity index (χ1v) is 50.3. The van der Waals surface area contributed by atoms with Gasteiger partial charge in [-0.1, -0.05) is 355 Å².